The molecule has 0 bridgehead atoms. The molecular formula is C17H15F2N3O. The van der Waals surface area contributed by atoms with Crippen molar-refractivity contribution in [2.24, 2.45) is 0 Å². The summed E-state index contributed by atoms with van der Waals surface area (Å²) < 4.78 is 27.5. The van der Waals surface area contributed by atoms with E-state index in [0.29, 0.717) is 23.0 Å². The fraction of sp³-hybridized carbons (Fsp3) is 0.176. The van der Waals surface area contributed by atoms with Gasteiger partial charge in [-0.25, -0.2) is 13.8 Å². The summed E-state index contributed by atoms with van der Waals surface area (Å²) in [6, 6.07) is 10.8. The molecule has 4 nitrogen and oxygen atoms in total. The molecule has 0 radical (unpaired) electrons. The standard InChI is InChI=1S/C17H15F2N3O/c18-10-16-21-15-9-13(20)5-6-14(15)17(23)22(16)8-7-11-1-3-12(19)4-2-11/h1-6,9H,7-8,10,20H2. The van der Waals surface area contributed by atoms with Crippen LogP contribution >= 0.6 is 0 Å². The van der Waals surface area contributed by atoms with E-state index in [2.05, 4.69) is 4.98 Å². The predicted molar refractivity (Wildman–Crippen MR) is 85.3 cm³/mol. The lowest BCUT2D eigenvalue weighted by Gasteiger charge is -2.12. The van der Waals surface area contributed by atoms with Gasteiger partial charge in [-0.05, 0) is 42.3 Å². The van der Waals surface area contributed by atoms with Gasteiger partial charge in [0, 0.05) is 12.2 Å². The van der Waals surface area contributed by atoms with E-state index in [1.165, 1.54) is 16.7 Å². The molecule has 0 atom stereocenters. The van der Waals surface area contributed by atoms with Crippen LogP contribution in [0.15, 0.2) is 47.3 Å². The van der Waals surface area contributed by atoms with E-state index in [1.54, 1.807) is 30.3 Å². The summed E-state index contributed by atoms with van der Waals surface area (Å²) >= 11 is 0. The number of nitrogens with two attached hydrogens (primary N) is 1. The van der Waals surface area contributed by atoms with Crippen LogP contribution in [-0.4, -0.2) is 9.55 Å². The van der Waals surface area contributed by atoms with E-state index in [1.807, 2.05) is 0 Å². The molecule has 1 aromatic heterocycles. The zero-order valence-electron chi connectivity index (χ0n) is 12.3. The van der Waals surface area contributed by atoms with Crippen LogP contribution in [0.2, 0.25) is 0 Å². The number of rotatable bonds is 4. The molecule has 0 saturated carbocycles. The minimum absolute atomic E-state index is 0.0650. The zero-order valence-corrected chi connectivity index (χ0v) is 12.3. The molecule has 3 aromatic rings. The second kappa shape index (κ2) is 6.16. The van der Waals surface area contributed by atoms with Crippen LogP contribution in [0.3, 0.4) is 0 Å². The first-order valence-electron chi connectivity index (χ1n) is 7.18. The average Bonchev–Trinajstić information content (AvgIpc) is 2.55. The van der Waals surface area contributed by atoms with Crippen molar-refractivity contribution in [2.75, 3.05) is 5.73 Å². The van der Waals surface area contributed by atoms with Crippen LogP contribution in [0, 0.1) is 5.82 Å². The molecule has 0 aliphatic carbocycles. The number of anilines is 1. The van der Waals surface area contributed by atoms with Crippen molar-refractivity contribution in [1.29, 1.82) is 0 Å². The Morgan fingerprint density at radius 1 is 1.13 bits per heavy atom. The van der Waals surface area contributed by atoms with Gasteiger partial charge in [0.1, 0.15) is 18.3 Å². The van der Waals surface area contributed by atoms with E-state index < -0.39 is 6.67 Å². The molecule has 2 aromatic carbocycles. The van der Waals surface area contributed by atoms with E-state index in [9.17, 15) is 13.6 Å². The van der Waals surface area contributed by atoms with Gasteiger partial charge >= 0.3 is 0 Å². The quantitative estimate of drug-likeness (QED) is 0.753. The largest absolute Gasteiger partial charge is 0.399 e. The van der Waals surface area contributed by atoms with E-state index in [4.69, 9.17) is 5.73 Å². The fourth-order valence-electron chi connectivity index (χ4n) is 2.51. The van der Waals surface area contributed by atoms with Crippen molar-refractivity contribution in [1.82, 2.24) is 9.55 Å². The summed E-state index contributed by atoms with van der Waals surface area (Å²) in [7, 11) is 0. The third-order valence-corrected chi connectivity index (χ3v) is 3.72. The van der Waals surface area contributed by atoms with E-state index in [-0.39, 0.29) is 23.7 Å². The molecule has 0 spiro atoms. The van der Waals surface area contributed by atoms with Crippen LogP contribution in [0.5, 0.6) is 0 Å². The maximum atomic E-state index is 13.3. The minimum atomic E-state index is -0.844. The number of hydrogen-bond donors (Lipinski definition) is 1. The number of benzene rings is 2. The number of halogens is 2. The molecule has 0 unspecified atom stereocenters. The first-order valence-corrected chi connectivity index (χ1v) is 7.18. The summed E-state index contributed by atoms with van der Waals surface area (Å²) in [5.41, 5.74) is 7.10. The molecule has 0 fully saturated rings. The summed E-state index contributed by atoms with van der Waals surface area (Å²) in [6.07, 6.45) is 0.481. The van der Waals surface area contributed by atoms with Gasteiger partial charge in [0.05, 0.1) is 10.9 Å². The Bertz CT molecular complexity index is 904. The fourth-order valence-corrected chi connectivity index (χ4v) is 2.51. The van der Waals surface area contributed by atoms with Crippen LogP contribution in [0.25, 0.3) is 10.9 Å². The SMILES string of the molecule is Nc1ccc2c(=O)n(CCc3ccc(F)cc3)c(CF)nc2c1. The van der Waals surface area contributed by atoms with Crippen LogP contribution in [0.4, 0.5) is 14.5 Å². The number of aryl methyl sites for hydroxylation is 1. The van der Waals surface area contributed by atoms with Gasteiger partial charge in [0.2, 0.25) is 0 Å². The lowest BCUT2D eigenvalue weighted by molar-refractivity contribution is 0.438. The number of fused-ring (bicyclic) bond motifs is 1. The lowest BCUT2D eigenvalue weighted by atomic mass is 10.1. The number of alkyl halides is 1. The Morgan fingerprint density at radius 3 is 2.57 bits per heavy atom. The van der Waals surface area contributed by atoms with Crippen molar-refractivity contribution in [2.45, 2.75) is 19.6 Å². The molecular weight excluding hydrogens is 300 g/mol. The topological polar surface area (TPSA) is 60.9 Å². The molecule has 3 rings (SSSR count). The highest BCUT2D eigenvalue weighted by molar-refractivity contribution is 5.80. The molecule has 1 heterocycles. The highest BCUT2D eigenvalue weighted by Crippen LogP contribution is 2.14. The van der Waals surface area contributed by atoms with Crippen LogP contribution in [0.1, 0.15) is 11.4 Å². The van der Waals surface area contributed by atoms with Gasteiger partial charge < -0.3 is 5.73 Å². The Kier molecular flexibility index (Phi) is 4.06. The zero-order chi connectivity index (χ0) is 16.4. The maximum Gasteiger partial charge on any atom is 0.261 e. The second-order valence-electron chi connectivity index (χ2n) is 5.27. The van der Waals surface area contributed by atoms with Crippen molar-refractivity contribution in [3.8, 4) is 0 Å². The van der Waals surface area contributed by atoms with Gasteiger partial charge in [0.15, 0.2) is 0 Å². The summed E-state index contributed by atoms with van der Waals surface area (Å²) in [5, 5.41) is 0.399. The Morgan fingerprint density at radius 2 is 1.87 bits per heavy atom. The summed E-state index contributed by atoms with van der Waals surface area (Å²) in [6.45, 7) is -0.569. The molecule has 2 N–H and O–H groups in total. The first-order chi connectivity index (χ1) is 11.1. The highest BCUT2D eigenvalue weighted by atomic mass is 19.1. The van der Waals surface area contributed by atoms with Crippen LogP contribution < -0.4 is 11.3 Å². The molecule has 6 heteroatoms. The highest BCUT2D eigenvalue weighted by Gasteiger charge is 2.11. The van der Waals surface area contributed by atoms with Crippen molar-refractivity contribution in [3.05, 3.63) is 70.0 Å². The maximum absolute atomic E-state index is 13.3. The van der Waals surface area contributed by atoms with Crippen molar-refractivity contribution in [3.63, 3.8) is 0 Å². The van der Waals surface area contributed by atoms with Gasteiger partial charge in [-0.1, -0.05) is 12.1 Å². The first kappa shape index (κ1) is 15.1. The van der Waals surface area contributed by atoms with E-state index in [0.717, 1.165) is 5.56 Å². The van der Waals surface area contributed by atoms with Gasteiger partial charge in [-0.15, -0.1) is 0 Å². The molecule has 0 aliphatic heterocycles. The minimum Gasteiger partial charge on any atom is -0.399 e. The Hall–Kier alpha value is -2.76. The third-order valence-electron chi connectivity index (χ3n) is 3.72. The Labute approximate surface area is 131 Å². The molecule has 0 aliphatic rings. The second-order valence-corrected chi connectivity index (χ2v) is 5.27. The van der Waals surface area contributed by atoms with Gasteiger partial charge in [-0.3, -0.25) is 9.36 Å². The summed E-state index contributed by atoms with van der Waals surface area (Å²) in [4.78, 5) is 16.7. The van der Waals surface area contributed by atoms with Gasteiger partial charge in [-0.2, -0.15) is 0 Å². The van der Waals surface area contributed by atoms with Crippen LogP contribution in [-0.2, 0) is 19.6 Å². The molecule has 0 saturated heterocycles. The number of aromatic nitrogens is 2. The van der Waals surface area contributed by atoms with Gasteiger partial charge in [0.25, 0.3) is 5.56 Å². The lowest BCUT2D eigenvalue weighted by Crippen LogP contribution is -2.26. The average molecular weight is 315 g/mol. The van der Waals surface area contributed by atoms with Crippen molar-refractivity contribution >= 4 is 16.6 Å². The molecule has 23 heavy (non-hydrogen) atoms. The smallest absolute Gasteiger partial charge is 0.261 e. The normalized spacial score (nSPS) is 11.0. The third kappa shape index (κ3) is 3.06. The molecule has 118 valence electrons. The van der Waals surface area contributed by atoms with Crippen molar-refractivity contribution < 1.29 is 8.78 Å². The Balaban J connectivity index is 1.99. The molecule has 0 amide bonds. The number of nitrogen functional groups attached to an aromatic ring is 1. The number of hydrogen-bond acceptors (Lipinski definition) is 3. The monoisotopic (exact) mass is 315 g/mol. The summed E-state index contributed by atoms with van der Waals surface area (Å²) in [5.74, 6) is -0.254. The predicted octanol–water partition coefficient (Wildman–Crippen LogP) is 2.83. The van der Waals surface area contributed by atoms with E-state index >= 15 is 0 Å². The number of nitrogens with zero attached hydrogens (tertiary/aromatic N) is 2.